The molecule has 0 aliphatic heterocycles. The van der Waals surface area contributed by atoms with Gasteiger partial charge in [0.1, 0.15) is 5.75 Å². The average molecular weight is 228 g/mol. The molecule has 4 nitrogen and oxygen atoms in total. The number of hydrogen-bond acceptors (Lipinski definition) is 3. The van der Waals surface area contributed by atoms with Crippen LogP contribution in [0.1, 0.15) is 24.8 Å². The molecule has 0 aliphatic rings. The highest BCUT2D eigenvalue weighted by Crippen LogP contribution is 2.35. The molecule has 0 heterocycles. The van der Waals surface area contributed by atoms with Gasteiger partial charge in [0, 0.05) is 5.56 Å². The predicted molar refractivity (Wildman–Crippen MR) is 55.3 cm³/mol. The zero-order valence-electron chi connectivity index (χ0n) is 9.03. The number of phenols is 1. The number of carbonyl (C=O) groups is 1. The van der Waals surface area contributed by atoms with E-state index in [0.717, 1.165) is 0 Å². The summed E-state index contributed by atoms with van der Waals surface area (Å²) in [5, 5.41) is 18.4. The zero-order valence-corrected chi connectivity index (χ0v) is 9.03. The van der Waals surface area contributed by atoms with E-state index in [2.05, 4.69) is 0 Å². The third-order valence-electron chi connectivity index (χ3n) is 2.40. The molecule has 0 bridgehead atoms. The van der Waals surface area contributed by atoms with Crippen LogP contribution in [-0.2, 0) is 4.79 Å². The molecule has 5 heteroatoms. The van der Waals surface area contributed by atoms with Crippen molar-refractivity contribution in [2.45, 2.75) is 19.3 Å². The number of carboxylic acids is 1. The van der Waals surface area contributed by atoms with Gasteiger partial charge in [0.2, 0.25) is 0 Å². The monoisotopic (exact) mass is 228 g/mol. The van der Waals surface area contributed by atoms with E-state index in [0.29, 0.717) is 0 Å². The number of ether oxygens (including phenoxy) is 1. The lowest BCUT2D eigenvalue weighted by atomic mass is 9.95. The van der Waals surface area contributed by atoms with Gasteiger partial charge in [-0.25, -0.2) is 4.39 Å². The van der Waals surface area contributed by atoms with Gasteiger partial charge < -0.3 is 14.9 Å². The van der Waals surface area contributed by atoms with Crippen molar-refractivity contribution in [3.05, 3.63) is 23.5 Å². The summed E-state index contributed by atoms with van der Waals surface area (Å²) >= 11 is 0. The fraction of sp³-hybridized carbons (Fsp3) is 0.364. The third kappa shape index (κ3) is 2.08. The lowest BCUT2D eigenvalue weighted by molar-refractivity contribution is -0.139. The lowest BCUT2D eigenvalue weighted by Crippen LogP contribution is -2.13. The SMILES string of the molecule is CCC(C(=O)O)c1c(O)ccc(OC)c1F. The normalized spacial score (nSPS) is 12.2. The van der Waals surface area contributed by atoms with Gasteiger partial charge in [0.05, 0.1) is 13.0 Å². The van der Waals surface area contributed by atoms with E-state index in [-0.39, 0.29) is 23.5 Å². The molecule has 1 aromatic carbocycles. The number of rotatable bonds is 4. The van der Waals surface area contributed by atoms with Crippen molar-refractivity contribution in [2.75, 3.05) is 7.11 Å². The van der Waals surface area contributed by atoms with E-state index >= 15 is 0 Å². The molecule has 1 rings (SSSR count). The topological polar surface area (TPSA) is 66.8 Å². The van der Waals surface area contributed by atoms with Gasteiger partial charge in [-0.2, -0.15) is 0 Å². The lowest BCUT2D eigenvalue weighted by Gasteiger charge is -2.14. The van der Waals surface area contributed by atoms with Crippen molar-refractivity contribution >= 4 is 5.97 Å². The van der Waals surface area contributed by atoms with Crippen molar-refractivity contribution < 1.29 is 24.1 Å². The van der Waals surface area contributed by atoms with E-state index < -0.39 is 17.7 Å². The first-order valence-electron chi connectivity index (χ1n) is 4.81. The summed E-state index contributed by atoms with van der Waals surface area (Å²) in [5.74, 6) is -3.52. The van der Waals surface area contributed by atoms with Gasteiger partial charge in [-0.05, 0) is 18.6 Å². The van der Waals surface area contributed by atoms with Crippen LogP contribution in [0.25, 0.3) is 0 Å². The minimum absolute atomic E-state index is 0.0764. The van der Waals surface area contributed by atoms with E-state index in [1.807, 2.05) is 0 Å². The fourth-order valence-electron chi connectivity index (χ4n) is 1.55. The molecule has 88 valence electrons. The molecule has 1 aromatic rings. The van der Waals surface area contributed by atoms with Crippen LogP contribution in [0.3, 0.4) is 0 Å². The van der Waals surface area contributed by atoms with Gasteiger partial charge in [0.15, 0.2) is 11.6 Å². The Labute approximate surface area is 92.3 Å². The molecule has 2 N–H and O–H groups in total. The Bertz CT molecular complexity index is 403. The summed E-state index contributed by atoms with van der Waals surface area (Å²) in [6.45, 7) is 1.61. The van der Waals surface area contributed by atoms with Crippen LogP contribution in [0, 0.1) is 5.82 Å². The van der Waals surface area contributed by atoms with Crippen LogP contribution in [0.2, 0.25) is 0 Å². The van der Waals surface area contributed by atoms with E-state index in [4.69, 9.17) is 9.84 Å². The minimum atomic E-state index is -1.18. The average Bonchev–Trinajstić information content (AvgIpc) is 2.23. The smallest absolute Gasteiger partial charge is 0.311 e. The van der Waals surface area contributed by atoms with Gasteiger partial charge in [0.25, 0.3) is 0 Å². The summed E-state index contributed by atoms with van der Waals surface area (Å²) in [4.78, 5) is 10.9. The number of benzene rings is 1. The van der Waals surface area contributed by atoms with E-state index in [1.54, 1.807) is 6.92 Å². The highest BCUT2D eigenvalue weighted by atomic mass is 19.1. The Hall–Kier alpha value is -1.78. The summed E-state index contributed by atoms with van der Waals surface area (Å²) in [7, 11) is 1.28. The third-order valence-corrected chi connectivity index (χ3v) is 2.40. The molecule has 0 saturated carbocycles. The van der Waals surface area contributed by atoms with E-state index in [9.17, 15) is 14.3 Å². The predicted octanol–water partition coefficient (Wildman–Crippen LogP) is 2.12. The molecule has 0 fully saturated rings. The van der Waals surface area contributed by atoms with Crippen LogP contribution in [-0.4, -0.2) is 23.3 Å². The first kappa shape index (κ1) is 12.3. The summed E-state index contributed by atoms with van der Waals surface area (Å²) in [5.41, 5.74) is -0.227. The number of aliphatic carboxylic acids is 1. The first-order valence-corrected chi connectivity index (χ1v) is 4.81. The van der Waals surface area contributed by atoms with Crippen LogP contribution in [0.5, 0.6) is 11.5 Å². The van der Waals surface area contributed by atoms with Crippen molar-refractivity contribution in [3.8, 4) is 11.5 Å². The van der Waals surface area contributed by atoms with Crippen molar-refractivity contribution in [1.82, 2.24) is 0 Å². The molecular weight excluding hydrogens is 215 g/mol. The Kier molecular flexibility index (Phi) is 3.71. The quantitative estimate of drug-likeness (QED) is 0.828. The Balaban J connectivity index is 3.35. The molecule has 0 aliphatic carbocycles. The van der Waals surface area contributed by atoms with Gasteiger partial charge in [-0.1, -0.05) is 6.92 Å². The standard InChI is InChI=1S/C11H13FO4/c1-3-6(11(14)15)9-7(13)4-5-8(16-2)10(9)12/h4-6,13H,3H2,1-2H3,(H,14,15). The second kappa shape index (κ2) is 4.83. The number of phenolic OH excluding ortho intramolecular Hbond substituents is 1. The summed E-state index contributed by atoms with van der Waals surface area (Å²) < 4.78 is 18.5. The second-order valence-electron chi connectivity index (χ2n) is 3.31. The van der Waals surface area contributed by atoms with Crippen LogP contribution < -0.4 is 4.74 Å². The molecule has 0 aromatic heterocycles. The highest BCUT2D eigenvalue weighted by Gasteiger charge is 2.26. The molecule has 0 amide bonds. The van der Waals surface area contributed by atoms with Crippen LogP contribution >= 0.6 is 0 Å². The van der Waals surface area contributed by atoms with Crippen LogP contribution in [0.4, 0.5) is 4.39 Å². The number of hydrogen-bond donors (Lipinski definition) is 2. The Morgan fingerprint density at radius 3 is 2.62 bits per heavy atom. The maximum atomic E-state index is 13.8. The van der Waals surface area contributed by atoms with E-state index in [1.165, 1.54) is 19.2 Å². The molecule has 16 heavy (non-hydrogen) atoms. The van der Waals surface area contributed by atoms with Crippen molar-refractivity contribution in [2.24, 2.45) is 0 Å². The number of methoxy groups -OCH3 is 1. The number of carboxylic acid groups (broad SMARTS) is 1. The summed E-state index contributed by atoms with van der Waals surface area (Å²) in [6, 6.07) is 2.48. The molecule has 0 spiro atoms. The summed E-state index contributed by atoms with van der Waals surface area (Å²) in [6.07, 6.45) is 0.187. The fourth-order valence-corrected chi connectivity index (χ4v) is 1.55. The Morgan fingerprint density at radius 2 is 2.19 bits per heavy atom. The van der Waals surface area contributed by atoms with Crippen LogP contribution in [0.15, 0.2) is 12.1 Å². The van der Waals surface area contributed by atoms with Crippen molar-refractivity contribution in [1.29, 1.82) is 0 Å². The minimum Gasteiger partial charge on any atom is -0.508 e. The molecule has 0 radical (unpaired) electrons. The first-order chi connectivity index (χ1) is 7.52. The molecule has 1 unspecified atom stereocenters. The van der Waals surface area contributed by atoms with Gasteiger partial charge >= 0.3 is 5.97 Å². The maximum absolute atomic E-state index is 13.8. The van der Waals surface area contributed by atoms with Crippen molar-refractivity contribution in [3.63, 3.8) is 0 Å². The molecule has 1 atom stereocenters. The van der Waals surface area contributed by atoms with Gasteiger partial charge in [-0.3, -0.25) is 4.79 Å². The Morgan fingerprint density at radius 1 is 1.56 bits per heavy atom. The maximum Gasteiger partial charge on any atom is 0.311 e. The second-order valence-corrected chi connectivity index (χ2v) is 3.31. The molecular formula is C11H13FO4. The number of halogens is 1. The number of aromatic hydroxyl groups is 1. The highest BCUT2D eigenvalue weighted by molar-refractivity contribution is 5.77. The largest absolute Gasteiger partial charge is 0.508 e. The van der Waals surface area contributed by atoms with Gasteiger partial charge in [-0.15, -0.1) is 0 Å². The zero-order chi connectivity index (χ0) is 12.3. The molecule has 0 saturated heterocycles.